The summed E-state index contributed by atoms with van der Waals surface area (Å²) >= 11 is 0. The first kappa shape index (κ1) is 11.1. The zero-order valence-corrected chi connectivity index (χ0v) is 9.34. The first-order valence-corrected chi connectivity index (χ1v) is 5.55. The molecular formula is C12H16N2O2. The molecule has 0 aliphatic carbocycles. The van der Waals surface area contributed by atoms with Crippen LogP contribution in [0, 0.1) is 5.92 Å². The van der Waals surface area contributed by atoms with Crippen LogP contribution in [0.1, 0.15) is 19.0 Å². The van der Waals surface area contributed by atoms with Crippen molar-refractivity contribution in [2.24, 2.45) is 5.92 Å². The zero-order valence-electron chi connectivity index (χ0n) is 9.34. The Morgan fingerprint density at radius 2 is 2.44 bits per heavy atom. The van der Waals surface area contributed by atoms with Gasteiger partial charge in [0.2, 0.25) is 0 Å². The lowest BCUT2D eigenvalue weighted by Gasteiger charge is -2.22. The summed E-state index contributed by atoms with van der Waals surface area (Å²) in [6, 6.07) is 5.37. The van der Waals surface area contributed by atoms with Crippen molar-refractivity contribution in [2.45, 2.75) is 25.9 Å². The van der Waals surface area contributed by atoms with Crippen molar-refractivity contribution in [3.63, 3.8) is 0 Å². The summed E-state index contributed by atoms with van der Waals surface area (Å²) in [5.41, 5.74) is 0.933. The second-order valence-electron chi connectivity index (χ2n) is 4.34. The molecule has 0 saturated carbocycles. The molecule has 1 aliphatic rings. The van der Waals surface area contributed by atoms with Crippen molar-refractivity contribution in [3.8, 4) is 0 Å². The summed E-state index contributed by atoms with van der Waals surface area (Å²) in [5, 5.41) is 9.17. The molecule has 1 N–H and O–H groups in total. The summed E-state index contributed by atoms with van der Waals surface area (Å²) in [4.78, 5) is 17.4. The van der Waals surface area contributed by atoms with Gasteiger partial charge in [0.25, 0.3) is 0 Å². The van der Waals surface area contributed by atoms with Gasteiger partial charge in [-0.2, -0.15) is 0 Å². The van der Waals surface area contributed by atoms with E-state index < -0.39 is 5.97 Å². The number of aliphatic carboxylic acids is 1. The van der Waals surface area contributed by atoms with E-state index in [4.69, 9.17) is 0 Å². The number of carboxylic acid groups (broad SMARTS) is 1. The fourth-order valence-electron chi connectivity index (χ4n) is 2.30. The van der Waals surface area contributed by atoms with Gasteiger partial charge in [0.15, 0.2) is 0 Å². The molecule has 0 bridgehead atoms. The van der Waals surface area contributed by atoms with Gasteiger partial charge < -0.3 is 5.11 Å². The molecule has 2 atom stereocenters. The number of nitrogens with zero attached hydrogens (tertiary/aromatic N) is 2. The van der Waals surface area contributed by atoms with Crippen molar-refractivity contribution < 1.29 is 9.90 Å². The molecule has 0 amide bonds. The summed E-state index contributed by atoms with van der Waals surface area (Å²) in [7, 11) is 0. The van der Waals surface area contributed by atoms with E-state index in [1.165, 1.54) is 0 Å². The highest BCUT2D eigenvalue weighted by Gasteiger charge is 2.36. The molecule has 2 unspecified atom stereocenters. The minimum atomic E-state index is -0.721. The smallest absolute Gasteiger partial charge is 0.321 e. The van der Waals surface area contributed by atoms with E-state index in [0.717, 1.165) is 18.7 Å². The minimum absolute atomic E-state index is 0.223. The second-order valence-corrected chi connectivity index (χ2v) is 4.34. The maximum atomic E-state index is 11.2. The predicted octanol–water partition coefficient (Wildman–Crippen LogP) is 1.38. The summed E-state index contributed by atoms with van der Waals surface area (Å²) in [6.07, 6.45) is 2.69. The average Bonchev–Trinajstić information content (AvgIpc) is 2.61. The number of carbonyl (C=O) groups is 1. The maximum Gasteiger partial charge on any atom is 0.321 e. The molecule has 86 valence electrons. The van der Waals surface area contributed by atoms with Crippen LogP contribution < -0.4 is 0 Å². The molecule has 0 radical (unpaired) electrons. The van der Waals surface area contributed by atoms with E-state index in [0.29, 0.717) is 6.54 Å². The van der Waals surface area contributed by atoms with E-state index in [-0.39, 0.29) is 12.0 Å². The Balaban J connectivity index is 2.07. The van der Waals surface area contributed by atoms with E-state index in [1.54, 1.807) is 6.20 Å². The average molecular weight is 220 g/mol. The predicted molar refractivity (Wildman–Crippen MR) is 59.9 cm³/mol. The van der Waals surface area contributed by atoms with Gasteiger partial charge in [-0.3, -0.25) is 14.7 Å². The molecule has 1 aliphatic heterocycles. The SMILES string of the molecule is CC1CCN(Cc2ccccn2)C1C(=O)O. The van der Waals surface area contributed by atoms with E-state index >= 15 is 0 Å². The molecule has 1 fully saturated rings. The van der Waals surface area contributed by atoms with Crippen LogP contribution in [0.15, 0.2) is 24.4 Å². The van der Waals surface area contributed by atoms with E-state index in [9.17, 15) is 9.90 Å². The summed E-state index contributed by atoms with van der Waals surface area (Å²) in [5.74, 6) is -0.498. The zero-order chi connectivity index (χ0) is 11.5. The van der Waals surface area contributed by atoms with E-state index in [2.05, 4.69) is 4.98 Å². The molecule has 2 rings (SSSR count). The van der Waals surface area contributed by atoms with Crippen LogP contribution in [0.3, 0.4) is 0 Å². The third kappa shape index (κ3) is 2.22. The van der Waals surface area contributed by atoms with Crippen LogP contribution in [-0.4, -0.2) is 33.5 Å². The van der Waals surface area contributed by atoms with E-state index in [1.807, 2.05) is 30.0 Å². The minimum Gasteiger partial charge on any atom is -0.480 e. The standard InChI is InChI=1S/C12H16N2O2/c1-9-5-7-14(11(9)12(15)16)8-10-4-2-3-6-13-10/h2-4,6,9,11H,5,7-8H2,1H3,(H,15,16). The molecule has 2 heterocycles. The lowest BCUT2D eigenvalue weighted by molar-refractivity contribution is -0.143. The fraction of sp³-hybridized carbons (Fsp3) is 0.500. The van der Waals surface area contributed by atoms with Crippen LogP contribution >= 0.6 is 0 Å². The molecule has 1 saturated heterocycles. The van der Waals surface area contributed by atoms with Crippen LogP contribution in [0.4, 0.5) is 0 Å². The Kier molecular flexibility index (Phi) is 3.19. The fourth-order valence-corrected chi connectivity index (χ4v) is 2.30. The number of hydrogen-bond acceptors (Lipinski definition) is 3. The third-order valence-electron chi connectivity index (χ3n) is 3.15. The molecule has 4 nitrogen and oxygen atoms in total. The number of hydrogen-bond donors (Lipinski definition) is 1. The van der Waals surface area contributed by atoms with Crippen molar-refractivity contribution in [3.05, 3.63) is 30.1 Å². The van der Waals surface area contributed by atoms with Gasteiger partial charge >= 0.3 is 5.97 Å². The largest absolute Gasteiger partial charge is 0.480 e. The van der Waals surface area contributed by atoms with Gasteiger partial charge in [0, 0.05) is 12.7 Å². The highest BCUT2D eigenvalue weighted by atomic mass is 16.4. The van der Waals surface area contributed by atoms with Gasteiger partial charge in [-0.05, 0) is 31.0 Å². The van der Waals surface area contributed by atoms with Crippen LogP contribution in [0.25, 0.3) is 0 Å². The Bertz CT molecular complexity index is 367. The lowest BCUT2D eigenvalue weighted by atomic mass is 10.0. The number of carboxylic acids is 1. The Labute approximate surface area is 94.9 Å². The first-order chi connectivity index (χ1) is 7.68. The quantitative estimate of drug-likeness (QED) is 0.836. The number of likely N-dealkylation sites (tertiary alicyclic amines) is 1. The first-order valence-electron chi connectivity index (χ1n) is 5.55. The van der Waals surface area contributed by atoms with Crippen molar-refractivity contribution >= 4 is 5.97 Å². The van der Waals surface area contributed by atoms with Gasteiger partial charge in [0.1, 0.15) is 6.04 Å². The topological polar surface area (TPSA) is 53.4 Å². The Morgan fingerprint density at radius 1 is 1.62 bits per heavy atom. The third-order valence-corrected chi connectivity index (χ3v) is 3.15. The number of pyridine rings is 1. The van der Waals surface area contributed by atoms with Crippen molar-refractivity contribution in [2.75, 3.05) is 6.54 Å². The Morgan fingerprint density at radius 3 is 3.06 bits per heavy atom. The highest BCUT2D eigenvalue weighted by Crippen LogP contribution is 2.25. The molecule has 16 heavy (non-hydrogen) atoms. The molecule has 0 spiro atoms. The molecule has 4 heteroatoms. The van der Waals surface area contributed by atoms with Crippen molar-refractivity contribution in [1.29, 1.82) is 0 Å². The van der Waals surface area contributed by atoms with Crippen molar-refractivity contribution in [1.82, 2.24) is 9.88 Å². The van der Waals surface area contributed by atoms with Gasteiger partial charge in [-0.1, -0.05) is 13.0 Å². The molecule has 1 aromatic heterocycles. The summed E-state index contributed by atoms with van der Waals surface area (Å²) < 4.78 is 0. The van der Waals surface area contributed by atoms with Gasteiger partial charge in [-0.25, -0.2) is 0 Å². The number of aromatic nitrogens is 1. The second kappa shape index (κ2) is 4.61. The molecule has 0 aromatic carbocycles. The molecular weight excluding hydrogens is 204 g/mol. The van der Waals surface area contributed by atoms with Gasteiger partial charge in [0.05, 0.1) is 5.69 Å². The summed E-state index contributed by atoms with van der Waals surface area (Å²) in [6.45, 7) is 3.47. The lowest BCUT2D eigenvalue weighted by Crippen LogP contribution is -2.38. The molecule has 1 aromatic rings. The highest BCUT2D eigenvalue weighted by molar-refractivity contribution is 5.74. The van der Waals surface area contributed by atoms with Crippen LogP contribution in [0.5, 0.6) is 0 Å². The Hall–Kier alpha value is -1.42. The van der Waals surface area contributed by atoms with Crippen LogP contribution in [0.2, 0.25) is 0 Å². The van der Waals surface area contributed by atoms with Crippen LogP contribution in [-0.2, 0) is 11.3 Å². The number of rotatable bonds is 3. The normalized spacial score (nSPS) is 25.8. The van der Waals surface area contributed by atoms with Gasteiger partial charge in [-0.15, -0.1) is 0 Å². The monoisotopic (exact) mass is 220 g/mol. The maximum absolute atomic E-state index is 11.2.